The predicted molar refractivity (Wildman–Crippen MR) is 72.1 cm³/mol. The molecule has 0 aromatic rings. The molecule has 0 aromatic heterocycles. The topological polar surface area (TPSA) is 18.5 Å². The average molecular weight is 242 g/mol. The average Bonchev–Trinajstić information content (AvgIpc) is 2.69. The van der Waals surface area contributed by atoms with E-state index < -0.39 is 0 Å². The van der Waals surface area contributed by atoms with Gasteiger partial charge in [-0.25, -0.2) is 0 Å². The molecule has 1 aliphatic carbocycles. The maximum absolute atomic E-state index is 5.98. The van der Waals surface area contributed by atoms with Gasteiger partial charge in [0, 0.05) is 25.6 Å². The molecule has 2 heteroatoms. The summed E-state index contributed by atoms with van der Waals surface area (Å²) in [7, 11) is 0. The van der Waals surface area contributed by atoms with Gasteiger partial charge in [-0.15, -0.1) is 0 Å². The Hall–Kier alpha value is -0.0800. The van der Waals surface area contributed by atoms with Gasteiger partial charge in [-0.05, 0) is 33.1 Å². The van der Waals surface area contributed by atoms with Crippen LogP contribution in [0.3, 0.4) is 0 Å². The Morgan fingerprint density at radius 2 is 1.71 bits per heavy atom. The number of rotatable bonds is 9. The minimum Gasteiger partial charge on any atom is -0.350 e. The lowest BCUT2D eigenvalue weighted by molar-refractivity contribution is -0.253. The van der Waals surface area contributed by atoms with Crippen LogP contribution in [-0.2, 0) is 9.47 Å². The van der Waals surface area contributed by atoms with Gasteiger partial charge >= 0.3 is 0 Å². The van der Waals surface area contributed by atoms with Crippen LogP contribution in [-0.4, -0.2) is 19.0 Å². The van der Waals surface area contributed by atoms with Crippen molar-refractivity contribution in [2.45, 2.75) is 77.9 Å². The van der Waals surface area contributed by atoms with Crippen molar-refractivity contribution in [2.24, 2.45) is 5.92 Å². The van der Waals surface area contributed by atoms with Crippen molar-refractivity contribution in [3.05, 3.63) is 0 Å². The van der Waals surface area contributed by atoms with Gasteiger partial charge in [-0.3, -0.25) is 0 Å². The van der Waals surface area contributed by atoms with E-state index >= 15 is 0 Å². The van der Waals surface area contributed by atoms with Crippen molar-refractivity contribution in [1.82, 2.24) is 0 Å². The van der Waals surface area contributed by atoms with Gasteiger partial charge in [0.25, 0.3) is 0 Å². The zero-order valence-corrected chi connectivity index (χ0v) is 12.0. The van der Waals surface area contributed by atoms with Crippen molar-refractivity contribution in [3.63, 3.8) is 0 Å². The van der Waals surface area contributed by atoms with Crippen LogP contribution in [0.5, 0.6) is 0 Å². The zero-order chi connectivity index (χ0) is 12.6. The molecule has 17 heavy (non-hydrogen) atoms. The molecule has 0 aromatic carbocycles. The third kappa shape index (κ3) is 4.26. The van der Waals surface area contributed by atoms with E-state index in [0.717, 1.165) is 19.6 Å². The summed E-state index contributed by atoms with van der Waals surface area (Å²) in [5.41, 5.74) is 0. The van der Waals surface area contributed by atoms with Crippen molar-refractivity contribution in [1.29, 1.82) is 0 Å². The van der Waals surface area contributed by atoms with Crippen LogP contribution >= 0.6 is 0 Å². The summed E-state index contributed by atoms with van der Waals surface area (Å²) in [6, 6.07) is 0. The molecule has 1 fully saturated rings. The van der Waals surface area contributed by atoms with Gasteiger partial charge in [-0.2, -0.15) is 0 Å². The molecule has 0 radical (unpaired) electrons. The molecule has 0 N–H and O–H groups in total. The Kier molecular flexibility index (Phi) is 7.14. The molecule has 1 rings (SSSR count). The van der Waals surface area contributed by atoms with Crippen LogP contribution in [0.15, 0.2) is 0 Å². The standard InChI is InChI=1S/C15H30O2/c1-4-7-8-9-11-14-12-10-13-15(14,16-5-2)17-6-3/h14H,4-13H2,1-3H3. The number of hydrogen-bond acceptors (Lipinski definition) is 2. The Morgan fingerprint density at radius 3 is 2.29 bits per heavy atom. The van der Waals surface area contributed by atoms with Crippen LogP contribution in [0.2, 0.25) is 0 Å². The Morgan fingerprint density at radius 1 is 1.00 bits per heavy atom. The van der Waals surface area contributed by atoms with Crippen LogP contribution in [0.4, 0.5) is 0 Å². The maximum Gasteiger partial charge on any atom is 0.171 e. The van der Waals surface area contributed by atoms with E-state index in [1.165, 1.54) is 44.9 Å². The summed E-state index contributed by atoms with van der Waals surface area (Å²) in [6.45, 7) is 7.96. The van der Waals surface area contributed by atoms with E-state index in [1.54, 1.807) is 0 Å². The Labute approximate surface area is 107 Å². The summed E-state index contributed by atoms with van der Waals surface area (Å²) >= 11 is 0. The molecule has 0 aliphatic heterocycles. The minimum absolute atomic E-state index is 0.240. The van der Waals surface area contributed by atoms with Crippen LogP contribution < -0.4 is 0 Å². The summed E-state index contributed by atoms with van der Waals surface area (Å²) in [5, 5.41) is 0. The lowest BCUT2D eigenvalue weighted by Crippen LogP contribution is -2.40. The van der Waals surface area contributed by atoms with Gasteiger partial charge in [-0.1, -0.05) is 32.6 Å². The quantitative estimate of drug-likeness (QED) is 0.437. The summed E-state index contributed by atoms with van der Waals surface area (Å²) in [4.78, 5) is 0. The fourth-order valence-electron chi connectivity index (χ4n) is 3.11. The molecule has 1 aliphatic rings. The van der Waals surface area contributed by atoms with E-state index in [4.69, 9.17) is 9.47 Å². The minimum atomic E-state index is -0.240. The Bertz CT molecular complexity index is 185. The molecule has 0 spiro atoms. The highest BCUT2D eigenvalue weighted by Gasteiger charge is 2.43. The normalized spacial score (nSPS) is 23.1. The fourth-order valence-corrected chi connectivity index (χ4v) is 3.11. The van der Waals surface area contributed by atoms with Crippen LogP contribution in [0.25, 0.3) is 0 Å². The highest BCUT2D eigenvalue weighted by atomic mass is 16.7. The monoisotopic (exact) mass is 242 g/mol. The van der Waals surface area contributed by atoms with E-state index in [-0.39, 0.29) is 5.79 Å². The number of ether oxygens (including phenoxy) is 2. The second-order valence-electron chi connectivity index (χ2n) is 5.12. The molecule has 2 nitrogen and oxygen atoms in total. The maximum atomic E-state index is 5.98. The molecule has 1 unspecified atom stereocenters. The summed E-state index contributed by atoms with van der Waals surface area (Å²) < 4.78 is 12.0. The summed E-state index contributed by atoms with van der Waals surface area (Å²) in [6.07, 6.45) is 10.3. The third-order valence-electron chi connectivity index (χ3n) is 3.88. The first-order valence-corrected chi connectivity index (χ1v) is 7.57. The SMILES string of the molecule is CCCCCCC1CCCC1(OCC)OCC. The largest absolute Gasteiger partial charge is 0.350 e. The number of unbranched alkanes of at least 4 members (excludes halogenated alkanes) is 3. The third-order valence-corrected chi connectivity index (χ3v) is 3.88. The molecule has 1 saturated carbocycles. The fraction of sp³-hybridized carbons (Fsp3) is 1.00. The lowest BCUT2D eigenvalue weighted by Gasteiger charge is -2.35. The second-order valence-corrected chi connectivity index (χ2v) is 5.12. The van der Waals surface area contributed by atoms with E-state index in [0.29, 0.717) is 5.92 Å². The molecular formula is C15H30O2. The zero-order valence-electron chi connectivity index (χ0n) is 12.0. The molecule has 1 atom stereocenters. The van der Waals surface area contributed by atoms with Crippen molar-refractivity contribution in [3.8, 4) is 0 Å². The van der Waals surface area contributed by atoms with E-state index in [9.17, 15) is 0 Å². The first-order chi connectivity index (χ1) is 8.29. The molecule has 0 heterocycles. The molecule has 0 bridgehead atoms. The van der Waals surface area contributed by atoms with Gasteiger partial charge in [0.2, 0.25) is 0 Å². The lowest BCUT2D eigenvalue weighted by atomic mass is 9.94. The predicted octanol–water partition coefficient (Wildman–Crippen LogP) is 4.53. The molecule has 0 amide bonds. The van der Waals surface area contributed by atoms with Crippen LogP contribution in [0, 0.1) is 5.92 Å². The smallest absolute Gasteiger partial charge is 0.171 e. The molecule has 0 saturated heterocycles. The van der Waals surface area contributed by atoms with Gasteiger partial charge in [0.05, 0.1) is 0 Å². The highest BCUT2D eigenvalue weighted by Crippen LogP contribution is 2.42. The van der Waals surface area contributed by atoms with Gasteiger partial charge in [0.1, 0.15) is 0 Å². The van der Waals surface area contributed by atoms with Gasteiger partial charge < -0.3 is 9.47 Å². The highest BCUT2D eigenvalue weighted by molar-refractivity contribution is 4.86. The van der Waals surface area contributed by atoms with Crippen molar-refractivity contribution in [2.75, 3.05) is 13.2 Å². The first-order valence-electron chi connectivity index (χ1n) is 7.57. The van der Waals surface area contributed by atoms with Crippen LogP contribution in [0.1, 0.15) is 72.1 Å². The van der Waals surface area contributed by atoms with E-state index in [2.05, 4.69) is 20.8 Å². The van der Waals surface area contributed by atoms with E-state index in [1.807, 2.05) is 0 Å². The summed E-state index contributed by atoms with van der Waals surface area (Å²) in [5.74, 6) is 0.384. The first kappa shape index (κ1) is 15.0. The van der Waals surface area contributed by atoms with Crippen molar-refractivity contribution >= 4 is 0 Å². The molecule has 102 valence electrons. The van der Waals surface area contributed by atoms with Crippen molar-refractivity contribution < 1.29 is 9.47 Å². The number of hydrogen-bond donors (Lipinski definition) is 0. The molecular weight excluding hydrogens is 212 g/mol. The van der Waals surface area contributed by atoms with Gasteiger partial charge in [0.15, 0.2) is 5.79 Å². The Balaban J connectivity index is 2.43. The second kappa shape index (κ2) is 8.10.